The van der Waals surface area contributed by atoms with Crippen LogP contribution in [0.2, 0.25) is 0 Å². The predicted molar refractivity (Wildman–Crippen MR) is 143 cm³/mol. The van der Waals surface area contributed by atoms with Crippen LogP contribution in [0.4, 0.5) is 5.69 Å². The fourth-order valence-corrected chi connectivity index (χ4v) is 3.93. The topological polar surface area (TPSA) is 180 Å². The number of phenolic OH excluding ortho intramolecular Hbond substituents is 4. The Hall–Kier alpha value is -4.93. The van der Waals surface area contributed by atoms with Gasteiger partial charge in [0.15, 0.2) is 40.1 Å². The summed E-state index contributed by atoms with van der Waals surface area (Å²) in [5.74, 6) is -6.91. The summed E-state index contributed by atoms with van der Waals surface area (Å²) < 4.78 is 11.1. The van der Waals surface area contributed by atoms with Crippen molar-refractivity contribution in [2.24, 2.45) is 11.1 Å². The average molecular weight is 552 g/mol. The third-order valence-corrected chi connectivity index (χ3v) is 6.49. The maximum atomic E-state index is 13.3. The van der Waals surface area contributed by atoms with Crippen LogP contribution >= 0.6 is 0 Å². The van der Waals surface area contributed by atoms with Crippen molar-refractivity contribution >= 4 is 23.2 Å². The van der Waals surface area contributed by atoms with E-state index in [2.05, 4.69) is 5.18 Å². The minimum atomic E-state index is -1.74. The molecular weight excluding hydrogens is 522 g/mol. The zero-order valence-corrected chi connectivity index (χ0v) is 22.1. The molecular formula is C29H29NO10. The number of ketones is 2. The summed E-state index contributed by atoms with van der Waals surface area (Å²) in [5.41, 5.74) is -1.97. The van der Waals surface area contributed by atoms with Crippen LogP contribution < -0.4 is 4.74 Å². The molecule has 4 N–H and O–H groups in total. The highest BCUT2D eigenvalue weighted by molar-refractivity contribution is 6.09. The first-order valence-corrected chi connectivity index (χ1v) is 12.4. The first-order valence-electron chi connectivity index (χ1n) is 12.4. The van der Waals surface area contributed by atoms with Crippen molar-refractivity contribution in [2.45, 2.75) is 45.8 Å². The number of esters is 1. The fraction of sp³-hybridized carbons (Fsp3) is 0.276. The Balaban J connectivity index is 1.90. The second-order valence-electron chi connectivity index (χ2n) is 9.23. The van der Waals surface area contributed by atoms with Gasteiger partial charge in [0.1, 0.15) is 12.5 Å². The van der Waals surface area contributed by atoms with Gasteiger partial charge in [-0.15, -0.1) is 4.91 Å². The molecule has 3 aromatic rings. The number of rotatable bonds is 12. The highest BCUT2D eigenvalue weighted by Gasteiger charge is 2.37. The van der Waals surface area contributed by atoms with Crippen molar-refractivity contribution in [3.63, 3.8) is 0 Å². The molecule has 2 atom stereocenters. The van der Waals surface area contributed by atoms with Crippen LogP contribution in [0.5, 0.6) is 28.7 Å². The summed E-state index contributed by atoms with van der Waals surface area (Å²) in [6.45, 7) is 4.52. The lowest BCUT2D eigenvalue weighted by atomic mass is 9.91. The monoisotopic (exact) mass is 551 g/mol. The van der Waals surface area contributed by atoms with Crippen molar-refractivity contribution in [3.8, 4) is 28.7 Å². The Labute approximate surface area is 229 Å². The van der Waals surface area contributed by atoms with Gasteiger partial charge < -0.3 is 29.9 Å². The molecule has 11 nitrogen and oxygen atoms in total. The van der Waals surface area contributed by atoms with Crippen LogP contribution in [0.25, 0.3) is 0 Å². The van der Waals surface area contributed by atoms with Crippen molar-refractivity contribution in [1.82, 2.24) is 0 Å². The molecule has 3 rings (SSSR count). The molecule has 210 valence electrons. The molecule has 0 aliphatic heterocycles. The molecule has 0 fully saturated rings. The zero-order valence-electron chi connectivity index (χ0n) is 22.1. The fourth-order valence-electron chi connectivity index (χ4n) is 3.93. The lowest BCUT2D eigenvalue weighted by Gasteiger charge is -2.29. The van der Waals surface area contributed by atoms with Crippen LogP contribution in [0.3, 0.4) is 0 Å². The lowest BCUT2D eigenvalue weighted by molar-refractivity contribution is -0.148. The van der Waals surface area contributed by atoms with Crippen molar-refractivity contribution in [1.29, 1.82) is 0 Å². The quantitative estimate of drug-likeness (QED) is 0.0759. The van der Waals surface area contributed by atoms with E-state index < -0.39 is 63.5 Å². The van der Waals surface area contributed by atoms with E-state index in [9.17, 15) is 39.7 Å². The summed E-state index contributed by atoms with van der Waals surface area (Å²) >= 11 is 0. The van der Waals surface area contributed by atoms with E-state index in [1.54, 1.807) is 38.1 Å². The van der Waals surface area contributed by atoms with Crippen LogP contribution in [0.1, 0.15) is 59.9 Å². The third-order valence-electron chi connectivity index (χ3n) is 6.49. The van der Waals surface area contributed by atoms with Gasteiger partial charge in [0, 0.05) is 11.1 Å². The maximum Gasteiger partial charge on any atom is 0.317 e. The van der Waals surface area contributed by atoms with Gasteiger partial charge >= 0.3 is 5.97 Å². The molecule has 0 saturated carbocycles. The molecule has 2 unspecified atom stereocenters. The minimum Gasteiger partial charge on any atom is -0.504 e. The van der Waals surface area contributed by atoms with Gasteiger partial charge in [0.2, 0.25) is 11.5 Å². The van der Waals surface area contributed by atoms with Gasteiger partial charge in [-0.25, -0.2) is 0 Å². The number of phenols is 4. The molecule has 11 heteroatoms. The molecule has 0 heterocycles. The standard InChI is InChI=1S/C29H29NO10/c1-4-19(28(37)39-15-16-9-7-6-8-10-16)24(33)17-12-22(32)26(35)23(14-17)40-29(3,5-2)27(36)18-11-20(30-38)25(34)21(31)13-18/h6-14,19,31-32,34-35H,4-5,15H2,1-3H3. The van der Waals surface area contributed by atoms with Gasteiger partial charge in [-0.3, -0.25) is 14.4 Å². The molecule has 0 bridgehead atoms. The van der Waals surface area contributed by atoms with E-state index in [1.165, 1.54) is 6.92 Å². The van der Waals surface area contributed by atoms with Crippen LogP contribution in [0.15, 0.2) is 59.8 Å². The second kappa shape index (κ2) is 12.3. The molecule has 0 aromatic heterocycles. The Morgan fingerprint density at radius 1 is 0.900 bits per heavy atom. The molecule has 40 heavy (non-hydrogen) atoms. The van der Waals surface area contributed by atoms with E-state index in [0.717, 1.165) is 29.8 Å². The number of hydrogen-bond acceptors (Lipinski definition) is 11. The molecule has 0 radical (unpaired) electrons. The third kappa shape index (κ3) is 6.20. The normalized spacial score (nSPS) is 13.1. The zero-order chi connectivity index (χ0) is 29.6. The Morgan fingerprint density at radius 3 is 2.12 bits per heavy atom. The second-order valence-corrected chi connectivity index (χ2v) is 9.23. The number of carbonyl (C=O) groups excluding carboxylic acids is 3. The summed E-state index contributed by atoms with van der Waals surface area (Å²) in [5, 5.41) is 43.0. The first kappa shape index (κ1) is 29.6. The number of carbonyl (C=O) groups is 3. The number of Topliss-reactive ketones (excluding diaryl/α,β-unsaturated/α-hetero) is 2. The van der Waals surface area contributed by atoms with Gasteiger partial charge in [0.05, 0.1) is 0 Å². The first-order chi connectivity index (χ1) is 18.9. The molecule has 0 amide bonds. The van der Waals surface area contributed by atoms with Crippen molar-refractivity contribution in [2.75, 3.05) is 0 Å². The summed E-state index contributed by atoms with van der Waals surface area (Å²) in [6, 6.07) is 12.9. The van der Waals surface area contributed by atoms with E-state index >= 15 is 0 Å². The molecule has 0 aliphatic carbocycles. The maximum absolute atomic E-state index is 13.3. The molecule has 0 aliphatic rings. The molecule has 0 spiro atoms. The van der Waals surface area contributed by atoms with Gasteiger partial charge in [-0.1, -0.05) is 44.2 Å². The Bertz CT molecular complexity index is 1440. The number of hydrogen-bond donors (Lipinski definition) is 4. The van der Waals surface area contributed by atoms with E-state index in [0.29, 0.717) is 0 Å². The predicted octanol–water partition coefficient (Wildman–Crippen LogP) is 5.29. The lowest BCUT2D eigenvalue weighted by Crippen LogP contribution is -2.41. The molecule has 0 saturated heterocycles. The van der Waals surface area contributed by atoms with Crippen LogP contribution in [-0.2, 0) is 16.1 Å². The summed E-state index contributed by atoms with van der Waals surface area (Å²) in [4.78, 5) is 50.3. The van der Waals surface area contributed by atoms with Crippen molar-refractivity contribution < 1.29 is 44.3 Å². The molecule has 3 aromatic carbocycles. The Morgan fingerprint density at radius 2 is 1.52 bits per heavy atom. The largest absolute Gasteiger partial charge is 0.504 e. The Kier molecular flexibility index (Phi) is 9.10. The SMILES string of the molecule is CCC(C(=O)OCc1ccccc1)C(=O)c1cc(O)c(O)c(OC(C)(CC)C(=O)c2cc(O)c(O)c(N=O)c2)c1. The van der Waals surface area contributed by atoms with E-state index in [1.807, 2.05) is 6.07 Å². The number of nitroso groups, excluding NO2 is 1. The summed E-state index contributed by atoms with van der Waals surface area (Å²) in [7, 11) is 0. The van der Waals surface area contributed by atoms with E-state index in [-0.39, 0.29) is 30.6 Å². The summed E-state index contributed by atoms with van der Waals surface area (Å²) in [6.07, 6.45) is 0.0893. The number of aromatic hydroxyl groups is 4. The number of nitrogens with zero attached hydrogens (tertiary/aromatic N) is 1. The van der Waals surface area contributed by atoms with Crippen LogP contribution in [-0.4, -0.2) is 43.6 Å². The van der Waals surface area contributed by atoms with Crippen LogP contribution in [0, 0.1) is 10.8 Å². The highest BCUT2D eigenvalue weighted by Crippen LogP contribution is 2.42. The highest BCUT2D eigenvalue weighted by atomic mass is 16.5. The van der Waals surface area contributed by atoms with Gasteiger partial charge in [-0.2, -0.15) is 0 Å². The van der Waals surface area contributed by atoms with E-state index in [4.69, 9.17) is 9.47 Å². The number of ether oxygens (including phenoxy) is 2. The van der Waals surface area contributed by atoms with Gasteiger partial charge in [0.25, 0.3) is 0 Å². The smallest absolute Gasteiger partial charge is 0.317 e. The van der Waals surface area contributed by atoms with Crippen molar-refractivity contribution in [3.05, 3.63) is 76.2 Å². The number of benzene rings is 3. The minimum absolute atomic E-state index is 0.000897. The average Bonchev–Trinajstić information content (AvgIpc) is 2.95. The van der Waals surface area contributed by atoms with Gasteiger partial charge in [-0.05, 0) is 54.8 Å².